The van der Waals surface area contributed by atoms with Gasteiger partial charge in [0.05, 0.1) is 0 Å². The number of hydrogen-bond donors (Lipinski definition) is 0. The number of hydrogen-bond acceptors (Lipinski definition) is 1. The number of allylic oxidation sites excluding steroid dienone is 5. The highest BCUT2D eigenvalue weighted by Crippen LogP contribution is 2.52. The Hall–Kier alpha value is -0.365. The van der Waals surface area contributed by atoms with Gasteiger partial charge in [-0.15, -0.1) is 11.8 Å². The second-order valence-electron chi connectivity index (χ2n) is 5.98. The van der Waals surface area contributed by atoms with E-state index in [0.717, 1.165) is 5.92 Å². The fourth-order valence-electron chi connectivity index (χ4n) is 3.50. The monoisotopic (exact) mass is 244 g/mol. The van der Waals surface area contributed by atoms with Crippen LogP contribution in [0.15, 0.2) is 34.7 Å². The fraction of sp³-hybridized carbons (Fsp3) is 0.600. The smallest absolute Gasteiger partial charge is 0.128 e. The molecular weight excluding hydrogens is 223 g/mol. The molecule has 0 radical (unpaired) electrons. The third-order valence-corrected chi connectivity index (χ3v) is 6.17. The minimum Gasteiger partial charge on any atom is -0.128 e. The third kappa shape index (κ3) is 2.05. The summed E-state index contributed by atoms with van der Waals surface area (Å²) in [7, 11) is 2.30. The zero-order chi connectivity index (χ0) is 11.9. The second-order valence-corrected chi connectivity index (χ2v) is 7.38. The van der Waals surface area contributed by atoms with Crippen LogP contribution in [0.25, 0.3) is 0 Å². The maximum Gasteiger partial charge on any atom is 0.135 e. The summed E-state index contributed by atoms with van der Waals surface area (Å²) in [5, 5.41) is 2.39. The average molecular weight is 244 g/mol. The SMILES string of the molecule is BC1=CSC2(C)CCC(C3C=CCCC3)=CC12. The van der Waals surface area contributed by atoms with E-state index in [-0.39, 0.29) is 0 Å². The van der Waals surface area contributed by atoms with Crippen molar-refractivity contribution in [2.45, 2.75) is 43.8 Å². The van der Waals surface area contributed by atoms with E-state index >= 15 is 0 Å². The highest BCUT2D eigenvalue weighted by atomic mass is 32.2. The molecule has 1 aliphatic heterocycles. The van der Waals surface area contributed by atoms with Crippen LogP contribution in [0.5, 0.6) is 0 Å². The first-order chi connectivity index (χ1) is 8.19. The van der Waals surface area contributed by atoms with Crippen molar-refractivity contribution in [2.24, 2.45) is 11.8 Å². The first-order valence-corrected chi connectivity index (χ1v) is 7.79. The lowest BCUT2D eigenvalue weighted by molar-refractivity contribution is 0.457. The van der Waals surface area contributed by atoms with Crippen LogP contribution in [0.3, 0.4) is 0 Å². The Kier molecular flexibility index (Phi) is 3.02. The minimum atomic E-state index is 0.464. The van der Waals surface area contributed by atoms with E-state index in [1.165, 1.54) is 32.1 Å². The summed E-state index contributed by atoms with van der Waals surface area (Å²) in [5.74, 6) is 1.46. The van der Waals surface area contributed by atoms with Crippen molar-refractivity contribution in [3.05, 3.63) is 34.7 Å². The largest absolute Gasteiger partial charge is 0.135 e. The molecule has 17 heavy (non-hydrogen) atoms. The highest BCUT2D eigenvalue weighted by Gasteiger charge is 2.41. The summed E-state index contributed by atoms with van der Waals surface area (Å²) in [4.78, 5) is 0. The van der Waals surface area contributed by atoms with E-state index in [0.29, 0.717) is 10.7 Å². The van der Waals surface area contributed by atoms with E-state index in [1.54, 1.807) is 11.0 Å². The predicted octanol–water partition coefficient (Wildman–Crippen LogP) is 3.66. The molecule has 0 fully saturated rings. The first kappa shape index (κ1) is 11.7. The molecule has 0 aromatic rings. The molecule has 3 unspecified atom stereocenters. The maximum absolute atomic E-state index is 2.61. The van der Waals surface area contributed by atoms with Gasteiger partial charge in [-0.25, -0.2) is 0 Å². The lowest BCUT2D eigenvalue weighted by Gasteiger charge is -2.37. The quantitative estimate of drug-likeness (QED) is 0.501. The molecule has 0 spiro atoms. The van der Waals surface area contributed by atoms with Gasteiger partial charge in [-0.05, 0) is 50.4 Å². The molecule has 0 aromatic carbocycles. The summed E-state index contributed by atoms with van der Waals surface area (Å²) in [6.07, 6.45) is 14.2. The average Bonchev–Trinajstić information content (AvgIpc) is 2.66. The van der Waals surface area contributed by atoms with Gasteiger partial charge in [0.2, 0.25) is 0 Å². The second kappa shape index (κ2) is 4.38. The summed E-state index contributed by atoms with van der Waals surface area (Å²) >= 11 is 2.06. The summed E-state index contributed by atoms with van der Waals surface area (Å²) in [5.41, 5.74) is 3.30. The molecule has 3 aliphatic rings. The van der Waals surface area contributed by atoms with Gasteiger partial charge >= 0.3 is 0 Å². The molecule has 0 N–H and O–H groups in total. The van der Waals surface area contributed by atoms with E-state index in [2.05, 4.69) is 50.2 Å². The third-order valence-electron chi connectivity index (χ3n) is 4.68. The Morgan fingerprint density at radius 3 is 3.12 bits per heavy atom. The number of fused-ring (bicyclic) bond motifs is 1. The summed E-state index contributed by atoms with van der Waals surface area (Å²) in [6.45, 7) is 2.44. The zero-order valence-corrected chi connectivity index (χ0v) is 11.7. The summed E-state index contributed by atoms with van der Waals surface area (Å²) in [6, 6.07) is 0. The van der Waals surface area contributed by atoms with Crippen LogP contribution < -0.4 is 0 Å². The van der Waals surface area contributed by atoms with Crippen molar-refractivity contribution >= 4 is 19.6 Å². The van der Waals surface area contributed by atoms with Crippen molar-refractivity contribution in [2.75, 3.05) is 0 Å². The Balaban J connectivity index is 1.86. The highest BCUT2D eigenvalue weighted by molar-refractivity contribution is 8.03. The molecular formula is C15H21BS. The molecule has 0 amide bonds. The topological polar surface area (TPSA) is 0 Å². The van der Waals surface area contributed by atoms with E-state index in [9.17, 15) is 0 Å². The van der Waals surface area contributed by atoms with E-state index in [4.69, 9.17) is 0 Å². The fourth-order valence-corrected chi connectivity index (χ4v) is 4.72. The van der Waals surface area contributed by atoms with Gasteiger partial charge in [-0.2, -0.15) is 0 Å². The molecule has 2 heteroatoms. The Bertz CT molecular complexity index is 407. The van der Waals surface area contributed by atoms with Crippen molar-refractivity contribution in [3.8, 4) is 0 Å². The predicted molar refractivity (Wildman–Crippen MR) is 79.9 cm³/mol. The van der Waals surface area contributed by atoms with Crippen molar-refractivity contribution in [1.82, 2.24) is 0 Å². The van der Waals surface area contributed by atoms with Crippen LogP contribution in [-0.2, 0) is 0 Å². The zero-order valence-electron chi connectivity index (χ0n) is 10.9. The molecule has 0 aromatic heterocycles. The molecule has 1 heterocycles. The Morgan fingerprint density at radius 2 is 2.35 bits per heavy atom. The lowest BCUT2D eigenvalue weighted by Crippen LogP contribution is -2.32. The van der Waals surface area contributed by atoms with Crippen molar-refractivity contribution in [3.63, 3.8) is 0 Å². The lowest BCUT2D eigenvalue weighted by atomic mass is 9.69. The van der Waals surface area contributed by atoms with Gasteiger partial charge in [0, 0.05) is 10.7 Å². The van der Waals surface area contributed by atoms with E-state index in [1.807, 2.05) is 0 Å². The van der Waals surface area contributed by atoms with Crippen LogP contribution in [0.2, 0.25) is 0 Å². The first-order valence-electron chi connectivity index (χ1n) is 6.91. The Labute approximate surface area is 110 Å². The van der Waals surface area contributed by atoms with Crippen LogP contribution >= 0.6 is 11.8 Å². The van der Waals surface area contributed by atoms with Crippen molar-refractivity contribution in [1.29, 1.82) is 0 Å². The van der Waals surface area contributed by atoms with Crippen LogP contribution in [0.1, 0.15) is 39.0 Å². The van der Waals surface area contributed by atoms with E-state index < -0.39 is 0 Å². The Morgan fingerprint density at radius 1 is 1.47 bits per heavy atom. The molecule has 0 nitrogen and oxygen atoms in total. The molecule has 0 saturated heterocycles. The summed E-state index contributed by atoms with van der Waals surface area (Å²) < 4.78 is 0.464. The number of rotatable bonds is 1. The van der Waals surface area contributed by atoms with Gasteiger partial charge in [0.25, 0.3) is 0 Å². The molecule has 90 valence electrons. The van der Waals surface area contributed by atoms with Gasteiger partial charge in [0.1, 0.15) is 7.85 Å². The van der Waals surface area contributed by atoms with Gasteiger partial charge in [-0.3, -0.25) is 0 Å². The molecule has 0 bridgehead atoms. The van der Waals surface area contributed by atoms with Gasteiger partial charge in [-0.1, -0.05) is 29.3 Å². The molecule has 2 aliphatic carbocycles. The van der Waals surface area contributed by atoms with Crippen molar-refractivity contribution < 1.29 is 0 Å². The maximum atomic E-state index is 2.61. The standard InChI is InChI=1S/C15H21BS/c1-15-8-7-12(11-5-3-2-4-6-11)9-13(15)14(16)10-17-15/h3,5,9-11,13H,2,4,6-8,16H2,1H3. The van der Waals surface area contributed by atoms with Gasteiger partial charge < -0.3 is 0 Å². The number of thioether (sulfide) groups is 1. The van der Waals surface area contributed by atoms with Crippen LogP contribution in [0, 0.1) is 11.8 Å². The normalized spacial score (nSPS) is 40.8. The van der Waals surface area contributed by atoms with Crippen LogP contribution in [-0.4, -0.2) is 12.6 Å². The minimum absolute atomic E-state index is 0.464. The molecule has 0 saturated carbocycles. The molecule has 3 rings (SSSR count). The van der Waals surface area contributed by atoms with Gasteiger partial charge in [0.15, 0.2) is 0 Å². The van der Waals surface area contributed by atoms with Crippen LogP contribution in [0.4, 0.5) is 0 Å². The molecule has 3 atom stereocenters.